The minimum absolute atomic E-state index is 0.0178. The maximum Gasteiger partial charge on any atom is 0.255 e. The summed E-state index contributed by atoms with van der Waals surface area (Å²) in [4.78, 5) is 39.4. The molecular formula is C25H28N6O2. The molecule has 0 aliphatic carbocycles. The predicted molar refractivity (Wildman–Crippen MR) is 131 cm³/mol. The molecule has 1 unspecified atom stereocenters. The Kier molecular flexibility index (Phi) is 6.00. The van der Waals surface area contributed by atoms with Gasteiger partial charge in [0.15, 0.2) is 5.82 Å². The third-order valence-electron chi connectivity index (χ3n) is 5.99. The van der Waals surface area contributed by atoms with Crippen LogP contribution in [0, 0.1) is 6.92 Å². The highest BCUT2D eigenvalue weighted by Crippen LogP contribution is 2.33. The summed E-state index contributed by atoms with van der Waals surface area (Å²) in [6.07, 6.45) is 1.69. The number of aromatic nitrogens is 2. The number of nitrogens with zero attached hydrogens (tertiary/aromatic N) is 5. The lowest BCUT2D eigenvalue weighted by Crippen LogP contribution is -2.49. The first kappa shape index (κ1) is 22.3. The zero-order chi connectivity index (χ0) is 23.7. The number of aryl methyl sites for hydroxylation is 1. The van der Waals surface area contributed by atoms with Crippen molar-refractivity contribution < 1.29 is 9.59 Å². The quantitative estimate of drug-likeness (QED) is 0.649. The lowest BCUT2D eigenvalue weighted by atomic mass is 10.1. The Balaban J connectivity index is 1.44. The van der Waals surface area contributed by atoms with E-state index >= 15 is 0 Å². The van der Waals surface area contributed by atoms with Crippen molar-refractivity contribution in [3.63, 3.8) is 0 Å². The molecule has 0 saturated heterocycles. The van der Waals surface area contributed by atoms with Gasteiger partial charge in [-0.25, -0.2) is 4.98 Å². The number of carbonyl (C=O) groups excluding carboxylic acids is 2. The average Bonchev–Trinajstić information content (AvgIpc) is 2.82. The second kappa shape index (κ2) is 8.90. The van der Waals surface area contributed by atoms with Gasteiger partial charge in [-0.15, -0.1) is 0 Å². The lowest BCUT2D eigenvalue weighted by molar-refractivity contribution is -0.119. The fourth-order valence-electron chi connectivity index (χ4n) is 3.73. The molecule has 1 N–H and O–H groups in total. The predicted octanol–water partition coefficient (Wildman–Crippen LogP) is 3.47. The first-order valence-corrected chi connectivity index (χ1v) is 10.8. The number of fused-ring (bicyclic) bond motifs is 1. The lowest BCUT2D eigenvalue weighted by Gasteiger charge is -2.37. The molecule has 2 amide bonds. The number of amides is 2. The van der Waals surface area contributed by atoms with Gasteiger partial charge in [-0.2, -0.15) is 4.98 Å². The summed E-state index contributed by atoms with van der Waals surface area (Å²) in [5, 5.41) is 2.93. The summed E-state index contributed by atoms with van der Waals surface area (Å²) in [5.41, 5.74) is 4.23. The van der Waals surface area contributed by atoms with Crippen molar-refractivity contribution in [1.29, 1.82) is 0 Å². The number of hydrogen-bond donors (Lipinski definition) is 1. The van der Waals surface area contributed by atoms with Gasteiger partial charge in [0, 0.05) is 38.9 Å². The normalized spacial score (nSPS) is 15.3. The van der Waals surface area contributed by atoms with E-state index in [9.17, 15) is 9.59 Å². The Morgan fingerprint density at radius 1 is 1.09 bits per heavy atom. The highest BCUT2D eigenvalue weighted by Gasteiger charge is 2.33. The standard InChI is InChI=1S/C25H28N6O2/c1-16-6-10-19(11-7-16)23(32)27-20-12-8-18(9-13-20)15-29(3)25-26-14-21-22(28-25)30(4)17(2)24(33)31(21)5/h6-14,17H,15H2,1-5H3,(H,27,32). The summed E-state index contributed by atoms with van der Waals surface area (Å²) >= 11 is 0. The van der Waals surface area contributed by atoms with Crippen LogP contribution in [0.3, 0.4) is 0 Å². The van der Waals surface area contributed by atoms with Gasteiger partial charge in [0.05, 0.1) is 6.20 Å². The fourth-order valence-corrected chi connectivity index (χ4v) is 3.73. The zero-order valence-electron chi connectivity index (χ0n) is 19.5. The number of rotatable bonds is 5. The molecule has 0 bridgehead atoms. The van der Waals surface area contributed by atoms with Crippen molar-refractivity contribution in [2.75, 3.05) is 41.2 Å². The second-order valence-electron chi connectivity index (χ2n) is 8.44. The van der Waals surface area contributed by atoms with Crippen LogP contribution in [0.5, 0.6) is 0 Å². The Morgan fingerprint density at radius 2 is 1.76 bits per heavy atom. The molecule has 1 aliphatic rings. The van der Waals surface area contributed by atoms with Crippen molar-refractivity contribution in [3.05, 3.63) is 71.4 Å². The SMILES string of the molecule is Cc1ccc(C(=O)Nc2ccc(CN(C)c3ncc4c(n3)N(C)C(C)C(=O)N4C)cc2)cc1. The summed E-state index contributed by atoms with van der Waals surface area (Å²) in [7, 11) is 5.54. The number of benzene rings is 2. The van der Waals surface area contributed by atoms with Crippen LogP contribution in [0.2, 0.25) is 0 Å². The number of nitrogens with one attached hydrogen (secondary N) is 1. The van der Waals surface area contributed by atoms with E-state index in [4.69, 9.17) is 4.98 Å². The maximum absolute atomic E-state index is 12.4. The van der Waals surface area contributed by atoms with Crippen LogP contribution in [0.25, 0.3) is 0 Å². The molecule has 1 aliphatic heterocycles. The molecule has 8 nitrogen and oxygen atoms in total. The molecule has 3 aromatic rings. The van der Waals surface area contributed by atoms with E-state index in [1.165, 1.54) is 0 Å². The van der Waals surface area contributed by atoms with Crippen LogP contribution in [0.4, 0.5) is 23.1 Å². The minimum Gasteiger partial charge on any atom is -0.346 e. The third-order valence-corrected chi connectivity index (χ3v) is 5.99. The minimum atomic E-state index is -0.279. The molecule has 1 aromatic heterocycles. The van der Waals surface area contributed by atoms with Gasteiger partial charge in [0.2, 0.25) is 11.9 Å². The summed E-state index contributed by atoms with van der Waals surface area (Å²) in [5.74, 6) is 1.19. The largest absolute Gasteiger partial charge is 0.346 e. The van der Waals surface area contributed by atoms with Gasteiger partial charge in [0.25, 0.3) is 5.91 Å². The van der Waals surface area contributed by atoms with Gasteiger partial charge in [0.1, 0.15) is 11.7 Å². The Morgan fingerprint density at radius 3 is 2.42 bits per heavy atom. The van der Waals surface area contributed by atoms with E-state index in [2.05, 4.69) is 10.3 Å². The molecule has 170 valence electrons. The van der Waals surface area contributed by atoms with E-state index < -0.39 is 0 Å². The van der Waals surface area contributed by atoms with E-state index in [1.807, 2.05) is 86.3 Å². The molecule has 0 saturated carbocycles. The highest BCUT2D eigenvalue weighted by atomic mass is 16.2. The average molecular weight is 445 g/mol. The van der Waals surface area contributed by atoms with Crippen molar-refractivity contribution >= 4 is 35.0 Å². The fraction of sp³-hybridized carbons (Fsp3) is 0.280. The van der Waals surface area contributed by atoms with Crippen molar-refractivity contribution in [2.45, 2.75) is 26.4 Å². The first-order valence-electron chi connectivity index (χ1n) is 10.8. The Bertz CT molecular complexity index is 1180. The molecule has 1 atom stereocenters. The van der Waals surface area contributed by atoms with Crippen LogP contribution in [-0.2, 0) is 11.3 Å². The Hall–Kier alpha value is -3.94. The molecule has 2 heterocycles. The van der Waals surface area contributed by atoms with Gasteiger partial charge in [-0.3, -0.25) is 9.59 Å². The highest BCUT2D eigenvalue weighted by molar-refractivity contribution is 6.04. The van der Waals surface area contributed by atoms with Gasteiger partial charge in [-0.05, 0) is 43.7 Å². The maximum atomic E-state index is 12.4. The van der Waals surface area contributed by atoms with E-state index in [1.54, 1.807) is 18.1 Å². The summed E-state index contributed by atoms with van der Waals surface area (Å²) in [6.45, 7) is 4.45. The van der Waals surface area contributed by atoms with Crippen LogP contribution in [-0.4, -0.2) is 49.0 Å². The van der Waals surface area contributed by atoms with E-state index in [-0.39, 0.29) is 17.9 Å². The molecule has 33 heavy (non-hydrogen) atoms. The molecule has 8 heteroatoms. The zero-order valence-corrected chi connectivity index (χ0v) is 19.5. The number of carbonyl (C=O) groups is 2. The Labute approximate surface area is 193 Å². The molecular weight excluding hydrogens is 416 g/mol. The molecule has 4 rings (SSSR count). The van der Waals surface area contributed by atoms with Crippen molar-refractivity contribution in [2.24, 2.45) is 0 Å². The summed E-state index contributed by atoms with van der Waals surface area (Å²) in [6, 6.07) is 14.9. The molecule has 0 radical (unpaired) electrons. The van der Waals surface area contributed by atoms with Gasteiger partial charge < -0.3 is 20.0 Å². The molecule has 0 spiro atoms. The monoisotopic (exact) mass is 444 g/mol. The molecule has 0 fully saturated rings. The topological polar surface area (TPSA) is 81.7 Å². The first-order chi connectivity index (χ1) is 15.7. The van der Waals surface area contributed by atoms with Crippen LogP contribution < -0.4 is 20.0 Å². The smallest absolute Gasteiger partial charge is 0.255 e. The molecule has 2 aromatic carbocycles. The number of hydrogen-bond acceptors (Lipinski definition) is 6. The van der Waals surface area contributed by atoms with E-state index in [0.29, 0.717) is 23.7 Å². The van der Waals surface area contributed by atoms with Gasteiger partial charge >= 0.3 is 0 Å². The van der Waals surface area contributed by atoms with E-state index in [0.717, 1.165) is 22.6 Å². The van der Waals surface area contributed by atoms with Crippen LogP contribution >= 0.6 is 0 Å². The third kappa shape index (κ3) is 4.50. The van der Waals surface area contributed by atoms with Gasteiger partial charge in [-0.1, -0.05) is 29.8 Å². The summed E-state index contributed by atoms with van der Waals surface area (Å²) < 4.78 is 0. The number of anilines is 4. The van der Waals surface area contributed by atoms with Crippen molar-refractivity contribution in [3.8, 4) is 0 Å². The number of likely N-dealkylation sites (N-methyl/N-ethyl adjacent to an activating group) is 2. The van der Waals surface area contributed by atoms with Crippen LogP contribution in [0.1, 0.15) is 28.4 Å². The van der Waals surface area contributed by atoms with Crippen LogP contribution in [0.15, 0.2) is 54.7 Å². The second-order valence-corrected chi connectivity index (χ2v) is 8.44. The van der Waals surface area contributed by atoms with Crippen molar-refractivity contribution in [1.82, 2.24) is 9.97 Å².